The molecule has 5 aromatic rings. The topological polar surface area (TPSA) is 151 Å². The Kier molecular flexibility index (Phi) is 8.61. The highest BCUT2D eigenvalue weighted by Crippen LogP contribution is 2.31. The molecule has 3 heterocycles. The van der Waals surface area contributed by atoms with Gasteiger partial charge in [0.2, 0.25) is 10.0 Å². The van der Waals surface area contributed by atoms with Crippen LogP contribution in [0, 0.1) is 17.2 Å². The lowest BCUT2D eigenvalue weighted by molar-refractivity contribution is -0.149. The summed E-state index contributed by atoms with van der Waals surface area (Å²) in [5.74, 6) is -0.515. The molecule has 6 rings (SSSR count). The van der Waals surface area contributed by atoms with Gasteiger partial charge in [-0.25, -0.2) is 18.1 Å². The van der Waals surface area contributed by atoms with E-state index in [1.807, 2.05) is 30.3 Å². The largest absolute Gasteiger partial charge is 0.466 e. The molecule has 0 bridgehead atoms. The first-order valence-corrected chi connectivity index (χ1v) is 16.3. The third-order valence-corrected chi connectivity index (χ3v) is 9.77. The number of sulfonamides is 1. The van der Waals surface area contributed by atoms with Crippen LogP contribution in [0.5, 0.6) is 0 Å². The molecule has 1 N–H and O–H groups in total. The van der Waals surface area contributed by atoms with Gasteiger partial charge in [-0.3, -0.25) is 9.59 Å². The second-order valence-corrected chi connectivity index (χ2v) is 12.7. The van der Waals surface area contributed by atoms with E-state index in [1.54, 1.807) is 66.3 Å². The summed E-state index contributed by atoms with van der Waals surface area (Å²) in [6, 6.07) is 24.9. The van der Waals surface area contributed by atoms with Crippen LogP contribution in [0.25, 0.3) is 39.5 Å². The second-order valence-electron chi connectivity index (χ2n) is 10.8. The maximum absolute atomic E-state index is 13.7. The molecule has 0 atom stereocenters. The molecule has 46 heavy (non-hydrogen) atoms. The lowest BCUT2D eigenvalue weighted by Gasteiger charge is -2.30. The van der Waals surface area contributed by atoms with Gasteiger partial charge in [0, 0.05) is 30.4 Å². The van der Waals surface area contributed by atoms with Crippen LogP contribution >= 0.6 is 0 Å². The maximum Gasteiger partial charge on any atom is 0.309 e. The number of aromatic amines is 1. The average Bonchev–Trinajstić information content (AvgIpc) is 3.52. The number of rotatable bonds is 8. The summed E-state index contributed by atoms with van der Waals surface area (Å²) in [4.78, 5) is 32.2. The Balaban J connectivity index is 1.39. The van der Waals surface area contributed by atoms with E-state index in [4.69, 9.17) is 9.84 Å². The highest BCUT2D eigenvalue weighted by Gasteiger charge is 2.33. The van der Waals surface area contributed by atoms with Gasteiger partial charge in [-0.2, -0.15) is 14.7 Å². The molecule has 1 fully saturated rings. The van der Waals surface area contributed by atoms with Crippen molar-refractivity contribution in [1.29, 1.82) is 5.26 Å². The number of fused-ring (bicyclic) bond motifs is 1. The van der Waals surface area contributed by atoms with Crippen LogP contribution in [-0.4, -0.2) is 58.1 Å². The van der Waals surface area contributed by atoms with Crippen molar-refractivity contribution in [1.82, 2.24) is 24.1 Å². The van der Waals surface area contributed by atoms with E-state index >= 15 is 0 Å². The zero-order valence-corrected chi connectivity index (χ0v) is 25.8. The van der Waals surface area contributed by atoms with Crippen molar-refractivity contribution < 1.29 is 17.9 Å². The minimum absolute atomic E-state index is 0.0878. The molecule has 3 aromatic carbocycles. The van der Waals surface area contributed by atoms with Gasteiger partial charge in [0.05, 0.1) is 39.6 Å². The van der Waals surface area contributed by atoms with Crippen molar-refractivity contribution in [2.45, 2.75) is 24.7 Å². The van der Waals surface area contributed by atoms with Crippen LogP contribution in [0.4, 0.5) is 0 Å². The number of H-pyrrole nitrogens is 1. The number of piperidine rings is 1. The zero-order valence-electron chi connectivity index (χ0n) is 25.0. The summed E-state index contributed by atoms with van der Waals surface area (Å²) < 4.78 is 35.6. The molecule has 0 spiro atoms. The SMILES string of the molecule is CCOC(=O)C1CCN(S(=O)(=O)c2cccc(-c3nn(-c4ccccc4)cc3C=C(C#N)c3nc4ccccc4c(=O)[nH]3)c2)CC1. The third-order valence-electron chi connectivity index (χ3n) is 7.87. The van der Waals surface area contributed by atoms with Crippen LogP contribution < -0.4 is 5.56 Å². The van der Waals surface area contributed by atoms with Gasteiger partial charge in [-0.15, -0.1) is 0 Å². The molecule has 1 aliphatic heterocycles. The number of ether oxygens (including phenoxy) is 1. The van der Waals surface area contributed by atoms with E-state index in [2.05, 4.69) is 16.0 Å². The predicted octanol–water partition coefficient (Wildman–Crippen LogP) is 4.80. The fourth-order valence-electron chi connectivity index (χ4n) is 5.50. The van der Waals surface area contributed by atoms with Crippen LogP contribution in [0.2, 0.25) is 0 Å². The monoisotopic (exact) mass is 634 g/mol. The van der Waals surface area contributed by atoms with Crippen molar-refractivity contribution in [3.05, 3.63) is 107 Å². The van der Waals surface area contributed by atoms with E-state index < -0.39 is 10.0 Å². The maximum atomic E-state index is 13.7. The smallest absolute Gasteiger partial charge is 0.309 e. The molecule has 1 aliphatic rings. The quantitative estimate of drug-likeness (QED) is 0.189. The van der Waals surface area contributed by atoms with Gasteiger partial charge in [-0.1, -0.05) is 42.5 Å². The normalized spacial score (nSPS) is 14.7. The highest BCUT2D eigenvalue weighted by atomic mass is 32.2. The molecule has 0 unspecified atom stereocenters. The molecule has 232 valence electrons. The number of carbonyl (C=O) groups excluding carboxylic acids is 1. The first-order chi connectivity index (χ1) is 22.3. The molecular formula is C34H30N6O5S. The Bertz CT molecular complexity index is 2160. The Hall–Kier alpha value is -5.38. The molecule has 11 nitrogen and oxygen atoms in total. The van der Waals surface area contributed by atoms with Crippen molar-refractivity contribution >= 4 is 38.5 Å². The lowest BCUT2D eigenvalue weighted by atomic mass is 9.98. The van der Waals surface area contributed by atoms with Gasteiger partial charge in [0.1, 0.15) is 11.8 Å². The first kappa shape index (κ1) is 30.6. The van der Waals surface area contributed by atoms with Crippen molar-refractivity contribution in [3.8, 4) is 23.0 Å². The summed E-state index contributed by atoms with van der Waals surface area (Å²) in [7, 11) is -3.88. The molecule has 0 amide bonds. The lowest BCUT2D eigenvalue weighted by Crippen LogP contribution is -2.40. The van der Waals surface area contributed by atoms with E-state index in [-0.39, 0.29) is 53.4 Å². The fraction of sp³-hybridized carbons (Fsp3) is 0.206. The highest BCUT2D eigenvalue weighted by molar-refractivity contribution is 7.89. The van der Waals surface area contributed by atoms with Gasteiger partial charge in [-0.05, 0) is 62.2 Å². The standard InChI is InChI=1S/C34H30N6O5S/c1-2-45-34(42)23-15-17-39(18-16-23)46(43,44)28-12-8-9-24(20-28)31-26(22-40(38-31)27-10-4-3-5-11-27)19-25(21-35)32-36-30-14-7-6-13-29(30)33(41)37-32/h3-14,19-20,22-23H,2,15-18H2,1H3,(H,36,37,41). The first-order valence-electron chi connectivity index (χ1n) is 14.8. The van der Waals surface area contributed by atoms with Gasteiger partial charge in [0.15, 0.2) is 5.82 Å². The van der Waals surface area contributed by atoms with Crippen molar-refractivity contribution in [2.75, 3.05) is 19.7 Å². The fourth-order valence-corrected chi connectivity index (χ4v) is 7.01. The number of nitrogens with one attached hydrogen (secondary N) is 1. The zero-order chi connectivity index (χ0) is 32.3. The minimum atomic E-state index is -3.88. The molecule has 0 aliphatic carbocycles. The van der Waals surface area contributed by atoms with Crippen LogP contribution in [0.1, 0.15) is 31.2 Å². The number of nitrogens with zero attached hydrogens (tertiary/aromatic N) is 5. The van der Waals surface area contributed by atoms with Crippen LogP contribution in [-0.2, 0) is 19.6 Å². The summed E-state index contributed by atoms with van der Waals surface area (Å²) in [6.45, 7) is 2.44. The summed E-state index contributed by atoms with van der Waals surface area (Å²) in [6.07, 6.45) is 4.09. The van der Waals surface area contributed by atoms with Crippen LogP contribution in [0.15, 0.2) is 94.7 Å². The Morgan fingerprint density at radius 3 is 2.54 bits per heavy atom. The number of aromatic nitrogens is 4. The molecular weight excluding hydrogens is 604 g/mol. The number of carbonyl (C=O) groups is 1. The Morgan fingerprint density at radius 2 is 1.80 bits per heavy atom. The van der Waals surface area contributed by atoms with Gasteiger partial charge < -0.3 is 9.72 Å². The number of hydrogen-bond acceptors (Lipinski definition) is 8. The number of para-hydroxylation sites is 2. The summed E-state index contributed by atoms with van der Waals surface area (Å²) in [5.41, 5.74) is 2.40. The van der Waals surface area contributed by atoms with Crippen LogP contribution in [0.3, 0.4) is 0 Å². The minimum Gasteiger partial charge on any atom is -0.466 e. The number of allylic oxidation sites excluding steroid dienone is 1. The van der Waals surface area contributed by atoms with Gasteiger partial charge in [0.25, 0.3) is 5.56 Å². The molecule has 2 aromatic heterocycles. The number of benzene rings is 3. The molecule has 0 saturated carbocycles. The molecule has 0 radical (unpaired) electrons. The second kappa shape index (κ2) is 12.9. The van der Waals surface area contributed by atoms with Gasteiger partial charge >= 0.3 is 5.97 Å². The van der Waals surface area contributed by atoms with E-state index in [0.29, 0.717) is 40.6 Å². The van der Waals surface area contributed by atoms with E-state index in [9.17, 15) is 23.3 Å². The Labute approximate surface area is 265 Å². The summed E-state index contributed by atoms with van der Waals surface area (Å²) >= 11 is 0. The number of nitriles is 1. The molecule has 1 saturated heterocycles. The third kappa shape index (κ3) is 6.10. The number of hydrogen-bond donors (Lipinski definition) is 1. The summed E-state index contributed by atoms with van der Waals surface area (Å²) in [5, 5.41) is 15.3. The van der Waals surface area contributed by atoms with Crippen molar-refractivity contribution in [3.63, 3.8) is 0 Å². The number of esters is 1. The van der Waals surface area contributed by atoms with E-state index in [1.165, 1.54) is 10.4 Å². The Morgan fingerprint density at radius 1 is 1.07 bits per heavy atom. The average molecular weight is 635 g/mol. The molecule has 12 heteroatoms. The van der Waals surface area contributed by atoms with Crippen molar-refractivity contribution in [2.24, 2.45) is 5.92 Å². The predicted molar refractivity (Wildman–Crippen MR) is 173 cm³/mol. The van der Waals surface area contributed by atoms with E-state index in [0.717, 1.165) is 5.69 Å².